The maximum atomic E-state index is 13.0. The van der Waals surface area contributed by atoms with Crippen LogP contribution >= 0.6 is 0 Å². The summed E-state index contributed by atoms with van der Waals surface area (Å²) in [5.74, 6) is 0.908. The summed E-state index contributed by atoms with van der Waals surface area (Å²) >= 11 is 0. The molecular weight excluding hydrogens is 338 g/mol. The predicted octanol–water partition coefficient (Wildman–Crippen LogP) is 3.82. The van der Waals surface area contributed by atoms with Crippen molar-refractivity contribution in [3.05, 3.63) is 42.4 Å². The number of aromatic nitrogens is 3. The molecule has 2 aromatic heterocycles. The first-order valence-electron chi connectivity index (χ1n) is 9.91. The molecule has 1 atom stereocenters. The van der Waals surface area contributed by atoms with Crippen molar-refractivity contribution in [3.8, 4) is 0 Å². The highest BCUT2D eigenvalue weighted by Crippen LogP contribution is 2.23. The highest BCUT2D eigenvalue weighted by molar-refractivity contribution is 5.94. The zero-order valence-corrected chi connectivity index (χ0v) is 16.7. The molecule has 0 radical (unpaired) electrons. The molecule has 0 unspecified atom stereocenters. The van der Waals surface area contributed by atoms with Crippen molar-refractivity contribution in [1.82, 2.24) is 19.7 Å². The van der Waals surface area contributed by atoms with Crippen LogP contribution < -0.4 is 5.32 Å². The summed E-state index contributed by atoms with van der Waals surface area (Å²) in [5, 5.41) is 7.60. The Balaban J connectivity index is 1.61. The van der Waals surface area contributed by atoms with E-state index in [4.69, 9.17) is 0 Å². The van der Waals surface area contributed by atoms with Gasteiger partial charge in [0.05, 0.1) is 5.56 Å². The van der Waals surface area contributed by atoms with Crippen molar-refractivity contribution < 1.29 is 4.79 Å². The normalized spacial score (nSPS) is 17.7. The Bertz CT molecular complexity index is 718. The lowest BCUT2D eigenvalue weighted by atomic mass is 9.97. The molecule has 1 amide bonds. The number of hydrogen-bond donors (Lipinski definition) is 1. The number of pyridine rings is 1. The minimum atomic E-state index is 0.0926. The molecule has 1 aliphatic rings. The molecule has 0 aromatic carbocycles. The Morgan fingerprint density at radius 1 is 1.30 bits per heavy atom. The van der Waals surface area contributed by atoms with Gasteiger partial charge in [-0.15, -0.1) is 0 Å². The van der Waals surface area contributed by atoms with Gasteiger partial charge in [-0.1, -0.05) is 20.8 Å². The van der Waals surface area contributed by atoms with Crippen LogP contribution in [0.25, 0.3) is 0 Å². The van der Waals surface area contributed by atoms with Gasteiger partial charge in [-0.25, -0.2) is 4.98 Å². The van der Waals surface area contributed by atoms with Gasteiger partial charge in [-0.3, -0.25) is 9.48 Å². The quantitative estimate of drug-likeness (QED) is 0.841. The minimum absolute atomic E-state index is 0.0926. The average Bonchev–Trinajstić information content (AvgIpc) is 3.18. The Morgan fingerprint density at radius 3 is 2.81 bits per heavy atom. The second kappa shape index (κ2) is 8.55. The number of carbonyl (C=O) groups excluding carboxylic acids is 1. The van der Waals surface area contributed by atoms with Gasteiger partial charge in [0.15, 0.2) is 0 Å². The molecule has 0 aliphatic carbocycles. The van der Waals surface area contributed by atoms with E-state index in [9.17, 15) is 4.79 Å². The molecule has 1 fully saturated rings. The number of hydrogen-bond acceptors (Lipinski definition) is 4. The lowest BCUT2D eigenvalue weighted by molar-refractivity contribution is 0.0593. The first kappa shape index (κ1) is 19.4. The van der Waals surface area contributed by atoms with Gasteiger partial charge in [0.1, 0.15) is 5.82 Å². The molecule has 6 nitrogen and oxygen atoms in total. The standard InChI is InChI=1S/C21H31N5O/c1-21(2,3)16-23-19-9-8-17(15-22-19)20(27)26-13-5-4-7-18(26)10-14-25-12-6-11-24-25/h6,8-9,11-12,15,18H,4-5,7,10,13-14,16H2,1-3H3,(H,22,23)/t18-/m0/s1. The van der Waals surface area contributed by atoms with Crippen LogP contribution in [0.5, 0.6) is 0 Å². The molecule has 27 heavy (non-hydrogen) atoms. The van der Waals surface area contributed by atoms with E-state index in [1.165, 1.54) is 6.42 Å². The van der Waals surface area contributed by atoms with Gasteiger partial charge in [-0.05, 0) is 49.3 Å². The molecule has 1 aliphatic heterocycles. The first-order chi connectivity index (χ1) is 12.9. The second-order valence-corrected chi connectivity index (χ2v) is 8.55. The van der Waals surface area contributed by atoms with Crippen LogP contribution in [0.15, 0.2) is 36.8 Å². The molecule has 3 heterocycles. The summed E-state index contributed by atoms with van der Waals surface area (Å²) in [6, 6.07) is 6.00. The van der Waals surface area contributed by atoms with Gasteiger partial charge in [-0.2, -0.15) is 5.10 Å². The second-order valence-electron chi connectivity index (χ2n) is 8.55. The van der Waals surface area contributed by atoms with Crippen LogP contribution in [-0.4, -0.2) is 44.7 Å². The van der Waals surface area contributed by atoms with Crippen molar-refractivity contribution in [1.29, 1.82) is 0 Å². The van der Waals surface area contributed by atoms with Crippen LogP contribution in [0.4, 0.5) is 5.82 Å². The molecule has 6 heteroatoms. The van der Waals surface area contributed by atoms with Crippen molar-refractivity contribution in [2.24, 2.45) is 5.41 Å². The number of amides is 1. The molecule has 1 N–H and O–H groups in total. The van der Waals surface area contributed by atoms with Gasteiger partial charge in [0.25, 0.3) is 5.91 Å². The molecule has 3 rings (SSSR count). The number of piperidine rings is 1. The van der Waals surface area contributed by atoms with E-state index < -0.39 is 0 Å². The number of nitrogens with one attached hydrogen (secondary N) is 1. The average molecular weight is 370 g/mol. The van der Waals surface area contributed by atoms with Crippen LogP contribution in [0.2, 0.25) is 0 Å². The molecule has 0 spiro atoms. The van der Waals surface area contributed by atoms with Crippen LogP contribution in [0, 0.1) is 5.41 Å². The number of rotatable bonds is 6. The lowest BCUT2D eigenvalue weighted by Crippen LogP contribution is -2.44. The summed E-state index contributed by atoms with van der Waals surface area (Å²) in [4.78, 5) is 19.5. The van der Waals surface area contributed by atoms with Gasteiger partial charge < -0.3 is 10.2 Å². The molecule has 146 valence electrons. The van der Waals surface area contributed by atoms with Gasteiger partial charge in [0, 0.05) is 44.3 Å². The third-order valence-electron chi connectivity index (χ3n) is 4.95. The van der Waals surface area contributed by atoms with Crippen molar-refractivity contribution >= 4 is 11.7 Å². The van der Waals surface area contributed by atoms with Crippen LogP contribution in [0.1, 0.15) is 56.8 Å². The Kier molecular flexibility index (Phi) is 6.14. The fraction of sp³-hybridized carbons (Fsp3) is 0.571. The highest BCUT2D eigenvalue weighted by Gasteiger charge is 2.27. The third kappa shape index (κ3) is 5.55. The summed E-state index contributed by atoms with van der Waals surface area (Å²) in [5.41, 5.74) is 0.855. The Labute approximate surface area is 162 Å². The first-order valence-corrected chi connectivity index (χ1v) is 9.91. The number of nitrogens with zero attached hydrogens (tertiary/aromatic N) is 4. The Hall–Kier alpha value is -2.37. The van der Waals surface area contributed by atoms with Crippen LogP contribution in [0.3, 0.4) is 0 Å². The Morgan fingerprint density at radius 2 is 2.15 bits per heavy atom. The molecule has 0 bridgehead atoms. The summed E-state index contributed by atoms with van der Waals surface area (Å²) < 4.78 is 1.94. The van der Waals surface area contributed by atoms with Crippen LogP contribution in [-0.2, 0) is 6.54 Å². The van der Waals surface area contributed by atoms with E-state index in [-0.39, 0.29) is 17.4 Å². The van der Waals surface area contributed by atoms with Crippen molar-refractivity contribution in [3.63, 3.8) is 0 Å². The fourth-order valence-electron chi connectivity index (χ4n) is 3.43. The SMILES string of the molecule is CC(C)(C)CNc1ccc(C(=O)N2CCCC[C@H]2CCn2cccn2)cn1. The molecule has 1 saturated heterocycles. The predicted molar refractivity (Wildman–Crippen MR) is 108 cm³/mol. The number of carbonyl (C=O) groups is 1. The van der Waals surface area contributed by atoms with E-state index in [1.807, 2.05) is 34.0 Å². The number of anilines is 1. The molecule has 2 aromatic rings. The van der Waals surface area contributed by atoms with E-state index >= 15 is 0 Å². The maximum Gasteiger partial charge on any atom is 0.255 e. The van der Waals surface area contributed by atoms with Gasteiger partial charge >= 0.3 is 0 Å². The molecular formula is C21H31N5O. The van der Waals surface area contributed by atoms with Crippen molar-refractivity contribution in [2.45, 2.75) is 59.0 Å². The van der Waals surface area contributed by atoms with Crippen molar-refractivity contribution in [2.75, 3.05) is 18.4 Å². The summed E-state index contributed by atoms with van der Waals surface area (Å²) in [6.45, 7) is 9.05. The lowest BCUT2D eigenvalue weighted by Gasteiger charge is -2.36. The number of aryl methyl sites for hydroxylation is 1. The number of likely N-dealkylation sites (tertiary alicyclic amines) is 1. The van der Waals surface area contributed by atoms with E-state index in [1.54, 1.807) is 12.4 Å². The summed E-state index contributed by atoms with van der Waals surface area (Å²) in [6.07, 6.45) is 9.72. The zero-order valence-electron chi connectivity index (χ0n) is 16.7. The monoisotopic (exact) mass is 369 g/mol. The third-order valence-corrected chi connectivity index (χ3v) is 4.95. The largest absolute Gasteiger partial charge is 0.370 e. The van der Waals surface area contributed by atoms with Gasteiger partial charge in [0.2, 0.25) is 0 Å². The minimum Gasteiger partial charge on any atom is -0.370 e. The van der Waals surface area contributed by atoms with E-state index in [0.29, 0.717) is 5.56 Å². The molecule has 0 saturated carbocycles. The highest BCUT2D eigenvalue weighted by atomic mass is 16.2. The maximum absolute atomic E-state index is 13.0. The summed E-state index contributed by atoms with van der Waals surface area (Å²) in [7, 11) is 0. The fourth-order valence-corrected chi connectivity index (χ4v) is 3.43. The van der Waals surface area contributed by atoms with E-state index in [2.05, 4.69) is 36.2 Å². The smallest absolute Gasteiger partial charge is 0.255 e. The van der Waals surface area contributed by atoms with E-state index in [0.717, 1.165) is 44.7 Å². The topological polar surface area (TPSA) is 63.1 Å². The zero-order chi connectivity index (χ0) is 19.3.